The van der Waals surface area contributed by atoms with Crippen LogP contribution in [0.5, 0.6) is 0 Å². The fraction of sp³-hybridized carbons (Fsp3) is 0. The van der Waals surface area contributed by atoms with E-state index in [4.69, 9.17) is 4.42 Å². The molecule has 2 nitrogen and oxygen atoms in total. The minimum atomic E-state index is 0.872. The molecule has 198 valence electrons. The molecule has 0 spiro atoms. The van der Waals surface area contributed by atoms with Gasteiger partial charge < -0.3 is 9.32 Å². The summed E-state index contributed by atoms with van der Waals surface area (Å²) in [7, 11) is 0. The molecule has 0 aliphatic heterocycles. The molecule has 0 saturated carbocycles. The highest BCUT2D eigenvalue weighted by molar-refractivity contribution is 6.11. The molecule has 1 heterocycles. The zero-order valence-electron chi connectivity index (χ0n) is 22.9. The third-order valence-corrected chi connectivity index (χ3v) is 8.06. The molecule has 0 unspecified atom stereocenters. The first kappa shape index (κ1) is 24.2. The van der Waals surface area contributed by atoms with Crippen LogP contribution in [0.25, 0.3) is 55.0 Å². The van der Waals surface area contributed by atoms with E-state index in [0.29, 0.717) is 0 Å². The number of benzene rings is 7. The molecule has 1 aromatic heterocycles. The Morgan fingerprint density at radius 2 is 1.02 bits per heavy atom. The number of fused-ring (bicyclic) bond motifs is 4. The average Bonchev–Trinajstić information content (AvgIpc) is 3.45. The second-order valence-electron chi connectivity index (χ2n) is 10.5. The van der Waals surface area contributed by atoms with Crippen molar-refractivity contribution < 1.29 is 4.42 Å². The fourth-order valence-electron chi connectivity index (χ4n) is 6.14. The van der Waals surface area contributed by atoms with Crippen LogP contribution in [0, 0.1) is 0 Å². The lowest BCUT2D eigenvalue weighted by atomic mass is 9.97. The quantitative estimate of drug-likeness (QED) is 0.217. The molecular weight excluding hydrogens is 510 g/mol. The highest BCUT2D eigenvalue weighted by Crippen LogP contribution is 2.46. The Bertz CT molecular complexity index is 2200. The van der Waals surface area contributed by atoms with E-state index < -0.39 is 0 Å². The van der Waals surface area contributed by atoms with Crippen LogP contribution in [-0.2, 0) is 0 Å². The summed E-state index contributed by atoms with van der Waals surface area (Å²) in [6, 6.07) is 57.9. The molecule has 0 aliphatic rings. The molecule has 0 fully saturated rings. The molecular formula is C40H27NO. The summed E-state index contributed by atoms with van der Waals surface area (Å²) < 4.78 is 6.58. The monoisotopic (exact) mass is 537 g/mol. The van der Waals surface area contributed by atoms with Gasteiger partial charge in [-0.05, 0) is 57.8 Å². The number of hydrogen-bond acceptors (Lipinski definition) is 2. The Morgan fingerprint density at radius 3 is 1.95 bits per heavy atom. The first-order valence-corrected chi connectivity index (χ1v) is 14.3. The van der Waals surface area contributed by atoms with E-state index in [0.717, 1.165) is 44.6 Å². The fourth-order valence-corrected chi connectivity index (χ4v) is 6.14. The van der Waals surface area contributed by atoms with Crippen molar-refractivity contribution in [3.8, 4) is 22.3 Å². The Labute approximate surface area is 244 Å². The van der Waals surface area contributed by atoms with Crippen molar-refractivity contribution in [1.82, 2.24) is 0 Å². The number of furan rings is 1. The third kappa shape index (κ3) is 4.05. The highest BCUT2D eigenvalue weighted by Gasteiger charge is 2.22. The summed E-state index contributed by atoms with van der Waals surface area (Å²) in [6.45, 7) is 0. The topological polar surface area (TPSA) is 16.4 Å². The molecule has 0 radical (unpaired) electrons. The molecule has 7 aromatic carbocycles. The van der Waals surface area contributed by atoms with Crippen LogP contribution >= 0.6 is 0 Å². The SMILES string of the molecule is c1ccc(-c2ccccc2N(c2cccc(-c3cccc4ccccc34)c2)c2cccc3c2oc2ccccc23)cc1. The van der Waals surface area contributed by atoms with Crippen LogP contribution in [-0.4, -0.2) is 0 Å². The molecule has 8 rings (SSSR count). The van der Waals surface area contributed by atoms with Gasteiger partial charge in [0.05, 0.1) is 11.4 Å². The van der Waals surface area contributed by atoms with Gasteiger partial charge >= 0.3 is 0 Å². The third-order valence-electron chi connectivity index (χ3n) is 8.06. The summed E-state index contributed by atoms with van der Waals surface area (Å²) in [5, 5.41) is 4.71. The van der Waals surface area contributed by atoms with Crippen molar-refractivity contribution in [3.63, 3.8) is 0 Å². The maximum atomic E-state index is 6.58. The number of hydrogen-bond donors (Lipinski definition) is 0. The largest absolute Gasteiger partial charge is 0.454 e. The molecule has 0 amide bonds. The van der Waals surface area contributed by atoms with E-state index in [2.05, 4.69) is 157 Å². The van der Waals surface area contributed by atoms with Crippen LogP contribution < -0.4 is 4.90 Å². The molecule has 0 saturated heterocycles. The molecule has 42 heavy (non-hydrogen) atoms. The van der Waals surface area contributed by atoms with Crippen LogP contribution in [0.3, 0.4) is 0 Å². The van der Waals surface area contributed by atoms with Crippen LogP contribution in [0.4, 0.5) is 17.1 Å². The van der Waals surface area contributed by atoms with Gasteiger partial charge in [-0.3, -0.25) is 0 Å². The van der Waals surface area contributed by atoms with Crippen molar-refractivity contribution in [2.45, 2.75) is 0 Å². The Balaban J connectivity index is 1.41. The van der Waals surface area contributed by atoms with E-state index in [9.17, 15) is 0 Å². The van der Waals surface area contributed by atoms with Gasteiger partial charge in [-0.2, -0.15) is 0 Å². The van der Waals surface area contributed by atoms with E-state index >= 15 is 0 Å². The molecule has 0 atom stereocenters. The first-order valence-electron chi connectivity index (χ1n) is 14.3. The maximum absolute atomic E-state index is 6.58. The summed E-state index contributed by atoms with van der Waals surface area (Å²) in [4.78, 5) is 2.35. The average molecular weight is 538 g/mol. The number of para-hydroxylation sites is 3. The van der Waals surface area contributed by atoms with E-state index in [1.54, 1.807) is 0 Å². The van der Waals surface area contributed by atoms with Crippen LogP contribution in [0.1, 0.15) is 0 Å². The van der Waals surface area contributed by atoms with Crippen molar-refractivity contribution in [2.24, 2.45) is 0 Å². The summed E-state index contributed by atoms with van der Waals surface area (Å²) in [5.41, 5.74) is 9.63. The molecule has 8 aromatic rings. The van der Waals surface area contributed by atoms with Gasteiger partial charge in [0.1, 0.15) is 5.58 Å². The number of anilines is 3. The number of nitrogens with zero attached hydrogens (tertiary/aromatic N) is 1. The van der Waals surface area contributed by atoms with Gasteiger partial charge in [-0.15, -0.1) is 0 Å². The van der Waals surface area contributed by atoms with Crippen molar-refractivity contribution in [1.29, 1.82) is 0 Å². The summed E-state index contributed by atoms with van der Waals surface area (Å²) in [6.07, 6.45) is 0. The predicted molar refractivity (Wildman–Crippen MR) is 177 cm³/mol. The van der Waals surface area contributed by atoms with Crippen molar-refractivity contribution in [3.05, 3.63) is 164 Å². The molecule has 0 N–H and O–H groups in total. The maximum Gasteiger partial charge on any atom is 0.159 e. The lowest BCUT2D eigenvalue weighted by Crippen LogP contribution is -2.11. The Kier molecular flexibility index (Phi) is 5.82. The summed E-state index contributed by atoms with van der Waals surface area (Å²) >= 11 is 0. The molecule has 2 heteroatoms. The second kappa shape index (κ2) is 10.1. The second-order valence-corrected chi connectivity index (χ2v) is 10.5. The lowest BCUT2D eigenvalue weighted by Gasteiger charge is -2.28. The predicted octanol–water partition coefficient (Wildman–Crippen LogP) is 11.5. The molecule has 0 aliphatic carbocycles. The zero-order chi connectivity index (χ0) is 27.9. The Morgan fingerprint density at radius 1 is 0.405 bits per heavy atom. The summed E-state index contributed by atoms with van der Waals surface area (Å²) in [5.74, 6) is 0. The minimum Gasteiger partial charge on any atom is -0.454 e. The normalized spacial score (nSPS) is 11.3. The number of rotatable bonds is 5. The van der Waals surface area contributed by atoms with Gasteiger partial charge in [0.15, 0.2) is 5.58 Å². The van der Waals surface area contributed by atoms with E-state index in [-0.39, 0.29) is 0 Å². The lowest BCUT2D eigenvalue weighted by molar-refractivity contribution is 0.669. The van der Waals surface area contributed by atoms with Gasteiger partial charge in [0.2, 0.25) is 0 Å². The van der Waals surface area contributed by atoms with Crippen molar-refractivity contribution in [2.75, 3.05) is 4.90 Å². The van der Waals surface area contributed by atoms with Crippen LogP contribution in [0.15, 0.2) is 168 Å². The standard InChI is InChI=1S/C40H27NO/c1-2-13-29(14-3-1)34-20-6-8-24-37(34)41(38-25-12-23-36-35-21-7-9-26-39(35)42-40(36)38)31-18-10-17-30(27-31)33-22-11-16-28-15-4-5-19-32(28)33/h1-27H. The first-order chi connectivity index (χ1) is 20.8. The minimum absolute atomic E-state index is 0.872. The highest BCUT2D eigenvalue weighted by atomic mass is 16.3. The van der Waals surface area contributed by atoms with Gasteiger partial charge in [0, 0.05) is 22.0 Å². The van der Waals surface area contributed by atoms with E-state index in [1.165, 1.54) is 27.5 Å². The van der Waals surface area contributed by atoms with Gasteiger partial charge in [-0.1, -0.05) is 133 Å². The molecule has 0 bridgehead atoms. The van der Waals surface area contributed by atoms with Crippen molar-refractivity contribution >= 4 is 49.8 Å². The smallest absolute Gasteiger partial charge is 0.159 e. The Hall–Kier alpha value is -5.60. The zero-order valence-corrected chi connectivity index (χ0v) is 22.9. The van der Waals surface area contributed by atoms with Crippen LogP contribution in [0.2, 0.25) is 0 Å². The van der Waals surface area contributed by atoms with E-state index in [1.807, 2.05) is 12.1 Å². The van der Waals surface area contributed by atoms with Gasteiger partial charge in [-0.25, -0.2) is 0 Å². The van der Waals surface area contributed by atoms with Gasteiger partial charge in [0.25, 0.3) is 0 Å².